The first-order valence-electron chi connectivity index (χ1n) is 6.93. The van der Waals surface area contributed by atoms with Crippen molar-refractivity contribution < 1.29 is 12.9 Å². The molecule has 0 amide bonds. The van der Waals surface area contributed by atoms with Gasteiger partial charge in [-0.3, -0.25) is 0 Å². The normalized spacial score (nSPS) is 11.3. The van der Waals surface area contributed by atoms with E-state index < -0.39 is 9.84 Å². The van der Waals surface area contributed by atoms with Crippen molar-refractivity contribution in [2.45, 2.75) is 11.4 Å². The summed E-state index contributed by atoms with van der Waals surface area (Å²) in [6, 6.07) is 14.1. The Balaban J connectivity index is 1.79. The number of benzene rings is 1. The smallest absolute Gasteiger partial charge is 0.175 e. The monoisotopic (exact) mass is 329 g/mol. The average molecular weight is 329 g/mol. The molecule has 0 fully saturated rings. The van der Waals surface area contributed by atoms with E-state index in [1.54, 1.807) is 30.3 Å². The quantitative estimate of drug-likeness (QED) is 0.775. The average Bonchev–Trinajstić information content (AvgIpc) is 3.06. The Kier molecular flexibility index (Phi) is 4.12. The van der Waals surface area contributed by atoms with Crippen molar-refractivity contribution in [1.29, 1.82) is 0 Å². The lowest BCUT2D eigenvalue weighted by Gasteiger charge is -2.07. The molecule has 7 heteroatoms. The third kappa shape index (κ3) is 3.75. The molecule has 1 N–H and O–H groups in total. The fourth-order valence-corrected chi connectivity index (χ4v) is 2.71. The number of nitrogens with zero attached hydrogens (tertiary/aromatic N) is 2. The van der Waals surface area contributed by atoms with E-state index in [2.05, 4.69) is 15.5 Å². The van der Waals surface area contributed by atoms with E-state index in [-0.39, 0.29) is 0 Å². The van der Waals surface area contributed by atoms with Gasteiger partial charge < -0.3 is 9.84 Å². The molecule has 0 atom stereocenters. The number of pyridine rings is 1. The number of hydrogen-bond donors (Lipinski definition) is 1. The van der Waals surface area contributed by atoms with Gasteiger partial charge in [0.2, 0.25) is 0 Å². The minimum Gasteiger partial charge on any atom is -0.364 e. The molecule has 0 aliphatic rings. The number of anilines is 1. The molecule has 23 heavy (non-hydrogen) atoms. The zero-order valence-electron chi connectivity index (χ0n) is 12.4. The Hall–Kier alpha value is -2.67. The van der Waals surface area contributed by atoms with E-state index in [4.69, 9.17) is 4.52 Å². The summed E-state index contributed by atoms with van der Waals surface area (Å²) >= 11 is 0. The highest BCUT2D eigenvalue weighted by Crippen LogP contribution is 2.21. The summed E-state index contributed by atoms with van der Waals surface area (Å²) in [4.78, 5) is 4.81. The Bertz CT molecular complexity index is 889. The molecule has 6 nitrogen and oxygen atoms in total. The fourth-order valence-electron chi connectivity index (χ4n) is 2.08. The molecule has 3 rings (SSSR count). The van der Waals surface area contributed by atoms with Crippen molar-refractivity contribution >= 4 is 15.7 Å². The first kappa shape index (κ1) is 15.2. The van der Waals surface area contributed by atoms with Crippen LogP contribution in [0.1, 0.15) is 5.69 Å². The predicted octanol–water partition coefficient (Wildman–Crippen LogP) is 2.75. The largest absolute Gasteiger partial charge is 0.364 e. The fraction of sp³-hybridized carbons (Fsp3) is 0.125. The predicted molar refractivity (Wildman–Crippen MR) is 86.6 cm³/mol. The van der Waals surface area contributed by atoms with Gasteiger partial charge in [0.25, 0.3) is 0 Å². The lowest BCUT2D eigenvalue weighted by Crippen LogP contribution is -2.02. The summed E-state index contributed by atoms with van der Waals surface area (Å²) in [5.41, 5.74) is 2.40. The van der Waals surface area contributed by atoms with Gasteiger partial charge in [0.05, 0.1) is 17.1 Å². The Morgan fingerprint density at radius 1 is 1.09 bits per heavy atom. The topological polar surface area (TPSA) is 85.1 Å². The molecule has 1 aromatic carbocycles. The highest BCUT2D eigenvalue weighted by Gasteiger charge is 2.08. The maximum atomic E-state index is 11.5. The summed E-state index contributed by atoms with van der Waals surface area (Å²) in [6.45, 7) is 0.514. The number of sulfone groups is 1. The molecule has 0 aliphatic heterocycles. The zero-order chi connectivity index (χ0) is 16.3. The standard InChI is InChI=1S/C16H15N3O3S/c1-23(20,21)14-7-5-12(6-8-14)15-3-2-4-16(18-15)17-11-13-9-10-22-19-13/h2-10H,11H2,1H3,(H,17,18). The summed E-state index contributed by atoms with van der Waals surface area (Å²) < 4.78 is 27.8. The number of aromatic nitrogens is 2. The molecule has 0 radical (unpaired) electrons. The SMILES string of the molecule is CS(=O)(=O)c1ccc(-c2cccc(NCc3ccon3)n2)cc1. The Morgan fingerprint density at radius 2 is 1.87 bits per heavy atom. The second-order valence-corrected chi connectivity index (χ2v) is 7.06. The molecule has 0 unspecified atom stereocenters. The van der Waals surface area contributed by atoms with Crippen molar-refractivity contribution in [3.63, 3.8) is 0 Å². The summed E-state index contributed by atoms with van der Waals surface area (Å²) in [5.74, 6) is 0.706. The van der Waals surface area contributed by atoms with Gasteiger partial charge in [0, 0.05) is 17.9 Å². The summed E-state index contributed by atoms with van der Waals surface area (Å²) in [6.07, 6.45) is 2.71. The molecule has 118 valence electrons. The van der Waals surface area contributed by atoms with Crippen LogP contribution in [-0.2, 0) is 16.4 Å². The first-order chi connectivity index (χ1) is 11.0. The van der Waals surface area contributed by atoms with E-state index in [0.29, 0.717) is 17.3 Å². The molecule has 0 aliphatic carbocycles. The van der Waals surface area contributed by atoms with Crippen LogP contribution in [0.5, 0.6) is 0 Å². The van der Waals surface area contributed by atoms with Gasteiger partial charge in [-0.2, -0.15) is 0 Å². The number of rotatable bonds is 5. The van der Waals surface area contributed by atoms with Crippen LogP contribution >= 0.6 is 0 Å². The van der Waals surface area contributed by atoms with Crippen molar-refractivity contribution in [2.24, 2.45) is 0 Å². The van der Waals surface area contributed by atoms with E-state index in [9.17, 15) is 8.42 Å². The van der Waals surface area contributed by atoms with Gasteiger partial charge in [0.1, 0.15) is 17.8 Å². The molecule has 0 spiro atoms. The number of hydrogen-bond acceptors (Lipinski definition) is 6. The molecule has 0 saturated heterocycles. The van der Waals surface area contributed by atoms with Crippen LogP contribution in [0.15, 0.2) is 64.2 Å². The van der Waals surface area contributed by atoms with Gasteiger partial charge in [0.15, 0.2) is 9.84 Å². The Labute approximate surface area is 134 Å². The highest BCUT2D eigenvalue weighted by molar-refractivity contribution is 7.90. The molecule has 2 aromatic heterocycles. The first-order valence-corrected chi connectivity index (χ1v) is 8.82. The minimum atomic E-state index is -3.19. The summed E-state index contributed by atoms with van der Waals surface area (Å²) in [5, 5.41) is 6.99. The van der Waals surface area contributed by atoms with Crippen LogP contribution in [0, 0.1) is 0 Å². The molecular formula is C16H15N3O3S. The summed E-state index contributed by atoms with van der Waals surface area (Å²) in [7, 11) is -3.19. The Morgan fingerprint density at radius 3 is 2.52 bits per heavy atom. The molecular weight excluding hydrogens is 314 g/mol. The second-order valence-electron chi connectivity index (χ2n) is 5.05. The van der Waals surface area contributed by atoms with Crippen LogP contribution in [0.4, 0.5) is 5.82 Å². The van der Waals surface area contributed by atoms with Gasteiger partial charge >= 0.3 is 0 Å². The van der Waals surface area contributed by atoms with Crippen molar-refractivity contribution in [2.75, 3.05) is 11.6 Å². The van der Waals surface area contributed by atoms with E-state index >= 15 is 0 Å². The van der Waals surface area contributed by atoms with Crippen molar-refractivity contribution in [1.82, 2.24) is 10.1 Å². The van der Waals surface area contributed by atoms with Crippen molar-refractivity contribution in [3.05, 3.63) is 60.5 Å². The van der Waals surface area contributed by atoms with Crippen LogP contribution in [0.25, 0.3) is 11.3 Å². The van der Waals surface area contributed by atoms with Gasteiger partial charge in [-0.1, -0.05) is 23.4 Å². The molecule has 3 aromatic rings. The van der Waals surface area contributed by atoms with Crippen molar-refractivity contribution in [3.8, 4) is 11.3 Å². The molecule has 2 heterocycles. The van der Waals surface area contributed by atoms with E-state index in [1.165, 1.54) is 12.5 Å². The maximum Gasteiger partial charge on any atom is 0.175 e. The molecule has 0 saturated carbocycles. The minimum absolute atomic E-state index is 0.293. The number of nitrogens with one attached hydrogen (secondary N) is 1. The lowest BCUT2D eigenvalue weighted by molar-refractivity contribution is 0.412. The van der Waals surface area contributed by atoms with Crippen LogP contribution < -0.4 is 5.32 Å². The molecule has 0 bridgehead atoms. The van der Waals surface area contributed by atoms with E-state index in [0.717, 1.165) is 17.0 Å². The van der Waals surface area contributed by atoms with Crippen LogP contribution in [0.2, 0.25) is 0 Å². The third-order valence-electron chi connectivity index (χ3n) is 3.27. The van der Waals surface area contributed by atoms with Gasteiger partial charge in [-0.05, 0) is 24.3 Å². The van der Waals surface area contributed by atoms with Gasteiger partial charge in [-0.15, -0.1) is 0 Å². The highest BCUT2D eigenvalue weighted by atomic mass is 32.2. The second kappa shape index (κ2) is 6.21. The van der Waals surface area contributed by atoms with Crippen LogP contribution in [0.3, 0.4) is 0 Å². The van der Waals surface area contributed by atoms with Gasteiger partial charge in [-0.25, -0.2) is 13.4 Å². The zero-order valence-corrected chi connectivity index (χ0v) is 13.2. The van der Waals surface area contributed by atoms with Crippen LogP contribution in [-0.4, -0.2) is 24.8 Å². The maximum absolute atomic E-state index is 11.5. The lowest BCUT2D eigenvalue weighted by atomic mass is 10.1. The van der Waals surface area contributed by atoms with E-state index in [1.807, 2.05) is 18.2 Å². The third-order valence-corrected chi connectivity index (χ3v) is 4.40.